The van der Waals surface area contributed by atoms with E-state index in [0.29, 0.717) is 12.4 Å². The maximum absolute atomic E-state index is 11.8. The van der Waals surface area contributed by atoms with Gasteiger partial charge in [-0.15, -0.1) is 0 Å². The van der Waals surface area contributed by atoms with Gasteiger partial charge in [-0.2, -0.15) is 5.10 Å². The molecule has 0 spiro atoms. The van der Waals surface area contributed by atoms with E-state index >= 15 is 0 Å². The number of anilines is 2. The minimum Gasteiger partial charge on any atom is -0.385 e. The molecule has 0 bridgehead atoms. The third kappa shape index (κ3) is 4.52. The number of aryl methyl sites for hydroxylation is 1. The molecule has 0 aliphatic rings. The van der Waals surface area contributed by atoms with Crippen LogP contribution in [0.15, 0.2) is 36.5 Å². The molecule has 0 saturated heterocycles. The fraction of sp³-hybridized carbons (Fsp3) is 0.333. The third-order valence-corrected chi connectivity index (χ3v) is 3.05. The van der Waals surface area contributed by atoms with E-state index in [1.807, 2.05) is 24.3 Å². The van der Waals surface area contributed by atoms with E-state index in [2.05, 4.69) is 28.0 Å². The van der Waals surface area contributed by atoms with Crippen molar-refractivity contribution in [3.05, 3.63) is 42.1 Å². The van der Waals surface area contributed by atoms with Crippen LogP contribution in [0.25, 0.3) is 0 Å². The van der Waals surface area contributed by atoms with Gasteiger partial charge in [-0.05, 0) is 24.1 Å². The molecular formula is C15H21N5O. The average Bonchev–Trinajstić information content (AvgIpc) is 2.89. The van der Waals surface area contributed by atoms with Crippen LogP contribution in [0.2, 0.25) is 0 Å². The van der Waals surface area contributed by atoms with Crippen molar-refractivity contribution in [2.24, 2.45) is 7.05 Å². The fourth-order valence-corrected chi connectivity index (χ4v) is 1.85. The molecule has 2 aromatic rings. The predicted octanol–water partition coefficient (Wildman–Crippen LogP) is 2.56. The molecule has 3 N–H and O–H groups in total. The Labute approximate surface area is 124 Å². The van der Waals surface area contributed by atoms with Gasteiger partial charge in [-0.25, -0.2) is 4.79 Å². The molecule has 1 aromatic heterocycles. The molecule has 6 heteroatoms. The molecular weight excluding hydrogens is 266 g/mol. The molecule has 1 heterocycles. The second-order valence-electron chi connectivity index (χ2n) is 4.77. The zero-order valence-electron chi connectivity index (χ0n) is 12.4. The predicted molar refractivity (Wildman–Crippen MR) is 84.3 cm³/mol. The monoisotopic (exact) mass is 287 g/mol. The van der Waals surface area contributed by atoms with E-state index in [0.717, 1.165) is 24.2 Å². The Kier molecular flexibility index (Phi) is 5.20. The van der Waals surface area contributed by atoms with Crippen LogP contribution in [0.4, 0.5) is 16.3 Å². The van der Waals surface area contributed by atoms with Gasteiger partial charge in [0.15, 0.2) is 0 Å². The Bertz CT molecular complexity index is 576. The highest BCUT2D eigenvalue weighted by Crippen LogP contribution is 2.09. The zero-order chi connectivity index (χ0) is 15.1. The van der Waals surface area contributed by atoms with Gasteiger partial charge in [-0.1, -0.05) is 19.1 Å². The molecule has 21 heavy (non-hydrogen) atoms. The molecule has 0 saturated carbocycles. The van der Waals surface area contributed by atoms with Crippen LogP contribution in [-0.4, -0.2) is 22.4 Å². The van der Waals surface area contributed by atoms with E-state index in [1.54, 1.807) is 24.0 Å². The SMILES string of the molecule is CCCNc1ccc(CNC(=O)Nc2ccnn2C)cc1. The van der Waals surface area contributed by atoms with Crippen LogP contribution >= 0.6 is 0 Å². The largest absolute Gasteiger partial charge is 0.385 e. The van der Waals surface area contributed by atoms with E-state index in [9.17, 15) is 4.79 Å². The highest BCUT2D eigenvalue weighted by molar-refractivity contribution is 5.88. The number of nitrogens with one attached hydrogen (secondary N) is 3. The summed E-state index contributed by atoms with van der Waals surface area (Å²) in [6, 6.07) is 9.54. The summed E-state index contributed by atoms with van der Waals surface area (Å²) in [6.07, 6.45) is 2.73. The molecule has 0 aliphatic heterocycles. The van der Waals surface area contributed by atoms with Gasteiger partial charge in [0, 0.05) is 31.9 Å². The molecule has 2 amide bonds. The molecule has 112 valence electrons. The number of hydrogen-bond acceptors (Lipinski definition) is 3. The molecule has 0 fully saturated rings. The van der Waals surface area contributed by atoms with Crippen molar-refractivity contribution in [2.75, 3.05) is 17.2 Å². The molecule has 1 aromatic carbocycles. The molecule has 2 rings (SSSR count). The van der Waals surface area contributed by atoms with E-state index in [1.165, 1.54) is 0 Å². The van der Waals surface area contributed by atoms with Crippen molar-refractivity contribution in [3.63, 3.8) is 0 Å². The van der Waals surface area contributed by atoms with Crippen LogP contribution in [0.1, 0.15) is 18.9 Å². The van der Waals surface area contributed by atoms with Crippen molar-refractivity contribution >= 4 is 17.5 Å². The lowest BCUT2D eigenvalue weighted by Gasteiger charge is -2.09. The maximum Gasteiger partial charge on any atom is 0.320 e. The maximum atomic E-state index is 11.8. The Morgan fingerprint density at radius 1 is 1.24 bits per heavy atom. The number of rotatable bonds is 6. The molecule has 0 atom stereocenters. The number of urea groups is 1. The number of benzene rings is 1. The van der Waals surface area contributed by atoms with Crippen LogP contribution in [0.5, 0.6) is 0 Å². The minimum absolute atomic E-state index is 0.244. The van der Waals surface area contributed by atoms with E-state index in [-0.39, 0.29) is 6.03 Å². The molecule has 0 aliphatic carbocycles. The topological polar surface area (TPSA) is 71.0 Å². The lowest BCUT2D eigenvalue weighted by molar-refractivity contribution is 0.251. The summed E-state index contributed by atoms with van der Waals surface area (Å²) in [4.78, 5) is 11.8. The molecule has 0 unspecified atom stereocenters. The van der Waals surface area contributed by atoms with Gasteiger partial charge >= 0.3 is 6.03 Å². The Hall–Kier alpha value is -2.50. The average molecular weight is 287 g/mol. The van der Waals surface area contributed by atoms with Gasteiger partial charge in [0.1, 0.15) is 5.82 Å². The highest BCUT2D eigenvalue weighted by atomic mass is 16.2. The van der Waals surface area contributed by atoms with Crippen molar-refractivity contribution < 1.29 is 4.79 Å². The third-order valence-electron chi connectivity index (χ3n) is 3.05. The van der Waals surface area contributed by atoms with Gasteiger partial charge < -0.3 is 10.6 Å². The first-order chi connectivity index (χ1) is 10.2. The first-order valence-corrected chi connectivity index (χ1v) is 7.04. The quantitative estimate of drug-likeness (QED) is 0.764. The number of nitrogens with zero attached hydrogens (tertiary/aromatic N) is 2. The summed E-state index contributed by atoms with van der Waals surface area (Å²) < 4.78 is 1.60. The summed E-state index contributed by atoms with van der Waals surface area (Å²) >= 11 is 0. The van der Waals surface area contributed by atoms with Gasteiger partial charge in [0.2, 0.25) is 0 Å². The number of carbonyl (C=O) groups excluding carboxylic acids is 1. The van der Waals surface area contributed by atoms with Crippen LogP contribution < -0.4 is 16.0 Å². The number of hydrogen-bond donors (Lipinski definition) is 3. The Balaban J connectivity index is 1.79. The van der Waals surface area contributed by atoms with E-state index in [4.69, 9.17) is 0 Å². The van der Waals surface area contributed by atoms with Gasteiger partial charge in [0.25, 0.3) is 0 Å². The standard InChI is InChI=1S/C15H21N5O/c1-3-9-16-13-6-4-12(5-7-13)11-17-15(21)19-14-8-10-18-20(14)2/h4-8,10,16H,3,9,11H2,1-2H3,(H2,17,19,21). The Morgan fingerprint density at radius 2 is 2.00 bits per heavy atom. The molecule has 6 nitrogen and oxygen atoms in total. The Morgan fingerprint density at radius 3 is 2.62 bits per heavy atom. The first-order valence-electron chi connectivity index (χ1n) is 7.04. The van der Waals surface area contributed by atoms with Gasteiger partial charge in [-0.3, -0.25) is 10.00 Å². The summed E-state index contributed by atoms with van der Waals surface area (Å²) in [7, 11) is 1.78. The summed E-state index contributed by atoms with van der Waals surface area (Å²) in [6.45, 7) is 3.58. The molecule has 0 radical (unpaired) electrons. The number of aromatic nitrogens is 2. The smallest absolute Gasteiger partial charge is 0.320 e. The summed E-state index contributed by atoms with van der Waals surface area (Å²) in [5.74, 6) is 0.659. The van der Waals surface area contributed by atoms with Crippen molar-refractivity contribution in [1.82, 2.24) is 15.1 Å². The number of amides is 2. The van der Waals surface area contributed by atoms with Crippen molar-refractivity contribution in [2.45, 2.75) is 19.9 Å². The van der Waals surface area contributed by atoms with Crippen LogP contribution in [-0.2, 0) is 13.6 Å². The van der Waals surface area contributed by atoms with Gasteiger partial charge in [0.05, 0.1) is 6.20 Å². The summed E-state index contributed by atoms with van der Waals surface area (Å²) in [5.41, 5.74) is 2.15. The lowest BCUT2D eigenvalue weighted by Crippen LogP contribution is -2.29. The summed E-state index contributed by atoms with van der Waals surface area (Å²) in [5, 5.41) is 12.9. The van der Waals surface area contributed by atoms with Crippen LogP contribution in [0, 0.1) is 0 Å². The van der Waals surface area contributed by atoms with E-state index < -0.39 is 0 Å². The van der Waals surface area contributed by atoms with Crippen LogP contribution in [0.3, 0.4) is 0 Å². The second kappa shape index (κ2) is 7.33. The highest BCUT2D eigenvalue weighted by Gasteiger charge is 2.04. The zero-order valence-corrected chi connectivity index (χ0v) is 12.4. The number of carbonyl (C=O) groups is 1. The second-order valence-corrected chi connectivity index (χ2v) is 4.77. The fourth-order valence-electron chi connectivity index (χ4n) is 1.85. The first kappa shape index (κ1) is 14.9. The minimum atomic E-state index is -0.244. The van der Waals surface area contributed by atoms with Crippen molar-refractivity contribution in [1.29, 1.82) is 0 Å². The lowest BCUT2D eigenvalue weighted by atomic mass is 10.2. The normalized spacial score (nSPS) is 10.2. The van der Waals surface area contributed by atoms with Crippen molar-refractivity contribution in [3.8, 4) is 0 Å².